The van der Waals surface area contributed by atoms with Gasteiger partial charge in [-0.15, -0.1) is 0 Å². The van der Waals surface area contributed by atoms with Gasteiger partial charge in [0.2, 0.25) is 0 Å². The summed E-state index contributed by atoms with van der Waals surface area (Å²) in [5.74, 6) is 0.830. The average molecular weight is 236 g/mol. The Kier molecular flexibility index (Phi) is 4.39. The smallest absolute Gasteiger partial charge is 0.125 e. The van der Waals surface area contributed by atoms with E-state index in [4.69, 9.17) is 21.6 Å². The predicted molar refractivity (Wildman–Crippen MR) is 65.7 cm³/mol. The number of halogens is 1. The van der Waals surface area contributed by atoms with Gasteiger partial charge in [-0.3, -0.25) is 0 Å². The second-order valence-corrected chi connectivity index (χ2v) is 4.01. The molecule has 0 radical (unpaired) electrons. The molecule has 0 aromatic heterocycles. The standard InChI is InChI=1S/C13H14ClNO/c1-9(6-14)8-16-13-10(2)4-12(7-15)5-11(13)3/h4-6H,8H2,1-3H3. The van der Waals surface area contributed by atoms with Crippen LogP contribution in [0.25, 0.3) is 0 Å². The van der Waals surface area contributed by atoms with Crippen LogP contribution >= 0.6 is 11.6 Å². The topological polar surface area (TPSA) is 33.0 Å². The second kappa shape index (κ2) is 5.58. The molecule has 1 rings (SSSR count). The van der Waals surface area contributed by atoms with Gasteiger partial charge in [0.1, 0.15) is 12.4 Å². The Morgan fingerprint density at radius 3 is 2.44 bits per heavy atom. The SMILES string of the molecule is CC(=CCl)COc1c(C)cc(C#N)cc1C. The Hall–Kier alpha value is -1.46. The van der Waals surface area contributed by atoms with Crippen molar-refractivity contribution in [2.24, 2.45) is 0 Å². The van der Waals surface area contributed by atoms with Crippen molar-refractivity contribution in [3.63, 3.8) is 0 Å². The van der Waals surface area contributed by atoms with E-state index >= 15 is 0 Å². The van der Waals surface area contributed by atoms with E-state index in [0.717, 1.165) is 22.4 Å². The summed E-state index contributed by atoms with van der Waals surface area (Å²) >= 11 is 5.56. The fourth-order valence-corrected chi connectivity index (χ4v) is 1.52. The van der Waals surface area contributed by atoms with Crippen molar-refractivity contribution in [1.29, 1.82) is 5.26 Å². The van der Waals surface area contributed by atoms with Crippen molar-refractivity contribution in [3.8, 4) is 11.8 Å². The highest BCUT2D eigenvalue weighted by atomic mass is 35.5. The van der Waals surface area contributed by atoms with Gasteiger partial charge in [-0.25, -0.2) is 0 Å². The van der Waals surface area contributed by atoms with E-state index in [0.29, 0.717) is 12.2 Å². The molecule has 1 aromatic rings. The molecule has 0 aliphatic rings. The molecule has 0 N–H and O–H groups in total. The van der Waals surface area contributed by atoms with Crippen LogP contribution in [0, 0.1) is 25.2 Å². The maximum Gasteiger partial charge on any atom is 0.125 e. The fraction of sp³-hybridized carbons (Fsp3) is 0.308. The number of aryl methyl sites for hydroxylation is 2. The minimum atomic E-state index is 0.469. The molecule has 16 heavy (non-hydrogen) atoms. The van der Waals surface area contributed by atoms with E-state index in [1.165, 1.54) is 5.54 Å². The summed E-state index contributed by atoms with van der Waals surface area (Å²) in [6.45, 7) is 6.24. The van der Waals surface area contributed by atoms with E-state index < -0.39 is 0 Å². The Balaban J connectivity index is 2.94. The lowest BCUT2D eigenvalue weighted by molar-refractivity contribution is 0.347. The van der Waals surface area contributed by atoms with Gasteiger partial charge in [-0.1, -0.05) is 11.6 Å². The van der Waals surface area contributed by atoms with Crippen molar-refractivity contribution in [1.82, 2.24) is 0 Å². The molecule has 0 saturated heterocycles. The van der Waals surface area contributed by atoms with Gasteiger partial charge in [0, 0.05) is 5.54 Å². The van der Waals surface area contributed by atoms with Crippen LogP contribution in [0.5, 0.6) is 5.75 Å². The molecule has 84 valence electrons. The highest BCUT2D eigenvalue weighted by Gasteiger charge is 2.06. The summed E-state index contributed by atoms with van der Waals surface area (Å²) in [6, 6.07) is 5.77. The zero-order valence-electron chi connectivity index (χ0n) is 9.67. The third kappa shape index (κ3) is 3.01. The highest BCUT2D eigenvalue weighted by Crippen LogP contribution is 2.25. The van der Waals surface area contributed by atoms with Gasteiger partial charge < -0.3 is 4.74 Å². The van der Waals surface area contributed by atoms with Gasteiger partial charge in [-0.2, -0.15) is 5.26 Å². The molecule has 0 saturated carbocycles. The molecule has 0 aliphatic carbocycles. The van der Waals surface area contributed by atoms with Crippen LogP contribution in [-0.2, 0) is 0 Å². The first kappa shape index (κ1) is 12.6. The van der Waals surface area contributed by atoms with Crippen LogP contribution < -0.4 is 4.74 Å². The van der Waals surface area contributed by atoms with Gasteiger partial charge in [0.05, 0.1) is 11.6 Å². The summed E-state index contributed by atoms with van der Waals surface area (Å²) in [7, 11) is 0. The molecular weight excluding hydrogens is 222 g/mol. The number of hydrogen-bond acceptors (Lipinski definition) is 2. The summed E-state index contributed by atoms with van der Waals surface area (Å²) < 4.78 is 5.66. The first-order valence-corrected chi connectivity index (χ1v) is 5.42. The maximum absolute atomic E-state index is 8.82. The monoisotopic (exact) mass is 235 g/mol. The number of nitrogens with zero attached hydrogens (tertiary/aromatic N) is 1. The number of hydrogen-bond donors (Lipinski definition) is 0. The van der Waals surface area contributed by atoms with Crippen molar-refractivity contribution in [2.75, 3.05) is 6.61 Å². The van der Waals surface area contributed by atoms with E-state index in [9.17, 15) is 0 Å². The largest absolute Gasteiger partial charge is 0.489 e. The van der Waals surface area contributed by atoms with E-state index in [-0.39, 0.29) is 0 Å². The minimum Gasteiger partial charge on any atom is -0.489 e. The summed E-state index contributed by atoms with van der Waals surface area (Å²) in [5, 5.41) is 8.82. The van der Waals surface area contributed by atoms with E-state index in [2.05, 4.69) is 6.07 Å². The van der Waals surface area contributed by atoms with Crippen molar-refractivity contribution >= 4 is 11.6 Å². The summed E-state index contributed by atoms with van der Waals surface area (Å²) in [4.78, 5) is 0. The molecule has 0 spiro atoms. The van der Waals surface area contributed by atoms with Crippen LogP contribution in [0.3, 0.4) is 0 Å². The van der Waals surface area contributed by atoms with Gasteiger partial charge >= 0.3 is 0 Å². The molecule has 3 heteroatoms. The molecule has 0 amide bonds. The lowest BCUT2D eigenvalue weighted by atomic mass is 10.1. The molecule has 1 aromatic carbocycles. The molecule has 0 unspecified atom stereocenters. The molecule has 2 nitrogen and oxygen atoms in total. The molecule has 0 atom stereocenters. The molecule has 0 bridgehead atoms. The fourth-order valence-electron chi connectivity index (χ4n) is 1.46. The van der Waals surface area contributed by atoms with Crippen molar-refractivity contribution in [2.45, 2.75) is 20.8 Å². The van der Waals surface area contributed by atoms with E-state index in [1.54, 1.807) is 0 Å². The molecule has 0 aliphatic heterocycles. The lowest BCUT2D eigenvalue weighted by Crippen LogP contribution is -2.01. The third-order valence-corrected chi connectivity index (χ3v) is 2.59. The Bertz CT molecular complexity index is 434. The summed E-state index contributed by atoms with van der Waals surface area (Å²) in [5.41, 5.74) is 5.07. The maximum atomic E-state index is 8.82. The Labute approximate surface area is 101 Å². The normalized spacial score (nSPS) is 11.1. The zero-order valence-corrected chi connectivity index (χ0v) is 10.4. The first-order valence-electron chi connectivity index (χ1n) is 4.98. The van der Waals surface area contributed by atoms with Crippen molar-refractivity contribution < 1.29 is 4.74 Å². The average Bonchev–Trinajstić information content (AvgIpc) is 2.27. The second-order valence-electron chi connectivity index (χ2n) is 3.80. The predicted octanol–water partition coefficient (Wildman–Crippen LogP) is 3.70. The van der Waals surface area contributed by atoms with Gasteiger partial charge in [0.15, 0.2) is 0 Å². The minimum absolute atomic E-state index is 0.469. The lowest BCUT2D eigenvalue weighted by Gasteiger charge is -2.12. The van der Waals surface area contributed by atoms with Crippen LogP contribution in [0.15, 0.2) is 23.2 Å². The third-order valence-electron chi connectivity index (χ3n) is 2.22. The molecule has 0 heterocycles. The van der Waals surface area contributed by atoms with E-state index in [1.807, 2.05) is 32.9 Å². The zero-order chi connectivity index (χ0) is 12.1. The first-order chi connectivity index (χ1) is 7.58. The van der Waals surface area contributed by atoms with Crippen molar-refractivity contribution in [3.05, 3.63) is 39.9 Å². The summed E-state index contributed by atoms with van der Waals surface area (Å²) in [6.07, 6.45) is 0. The molecule has 0 fully saturated rings. The quantitative estimate of drug-likeness (QED) is 0.801. The number of benzene rings is 1. The van der Waals surface area contributed by atoms with Crippen LogP contribution in [0.1, 0.15) is 23.6 Å². The Morgan fingerprint density at radius 1 is 1.44 bits per heavy atom. The van der Waals surface area contributed by atoms with Gasteiger partial charge in [0.25, 0.3) is 0 Å². The molecular formula is C13H14ClNO. The number of rotatable bonds is 3. The number of nitriles is 1. The number of ether oxygens (including phenoxy) is 1. The van der Waals surface area contributed by atoms with Crippen LogP contribution in [-0.4, -0.2) is 6.61 Å². The van der Waals surface area contributed by atoms with Crippen LogP contribution in [0.4, 0.5) is 0 Å². The van der Waals surface area contributed by atoms with Crippen LogP contribution in [0.2, 0.25) is 0 Å². The van der Waals surface area contributed by atoms with Gasteiger partial charge in [-0.05, 0) is 49.6 Å². The Morgan fingerprint density at radius 2 is 2.00 bits per heavy atom. The highest BCUT2D eigenvalue weighted by molar-refractivity contribution is 6.25.